The van der Waals surface area contributed by atoms with Crippen molar-refractivity contribution in [3.05, 3.63) is 41.2 Å². The second kappa shape index (κ2) is 5.94. The molecule has 1 N–H and O–H groups in total. The number of carbonyl (C=O) groups excluding carboxylic acids is 1. The maximum absolute atomic E-state index is 12.9. The van der Waals surface area contributed by atoms with Crippen molar-refractivity contribution in [1.82, 2.24) is 25.1 Å². The predicted molar refractivity (Wildman–Crippen MR) is 70.8 cm³/mol. The minimum absolute atomic E-state index is 0.138. The maximum Gasteiger partial charge on any atom is 0.280 e. The molecule has 2 heterocycles. The molecule has 6 nitrogen and oxygen atoms in total. The number of nitrogens with zero attached hydrogens (tertiary/aromatic N) is 4. The highest BCUT2D eigenvalue weighted by Crippen LogP contribution is 2.23. The predicted octanol–water partition coefficient (Wildman–Crippen LogP) is 1.95. The third-order valence-corrected chi connectivity index (χ3v) is 3.11. The van der Waals surface area contributed by atoms with Gasteiger partial charge < -0.3 is 5.32 Å². The summed E-state index contributed by atoms with van der Waals surface area (Å²) in [5.41, 5.74) is 0.718. The summed E-state index contributed by atoms with van der Waals surface area (Å²) in [6, 6.07) is -0.447. The lowest BCUT2D eigenvalue weighted by Crippen LogP contribution is -2.28. The van der Waals surface area contributed by atoms with Gasteiger partial charge in [-0.05, 0) is 13.8 Å². The van der Waals surface area contributed by atoms with Crippen molar-refractivity contribution >= 4 is 5.91 Å². The normalized spacial score (nSPS) is 12.5. The van der Waals surface area contributed by atoms with Crippen LogP contribution in [0.2, 0.25) is 0 Å². The Balaban J connectivity index is 2.21. The van der Waals surface area contributed by atoms with Crippen LogP contribution in [0.4, 0.5) is 8.78 Å². The average molecular weight is 295 g/mol. The molecule has 0 fully saturated rings. The zero-order valence-corrected chi connectivity index (χ0v) is 11.8. The molecule has 112 valence electrons. The lowest BCUT2D eigenvalue weighted by Gasteiger charge is -2.15. The zero-order chi connectivity index (χ0) is 15.6. The summed E-state index contributed by atoms with van der Waals surface area (Å²) in [4.78, 5) is 20.4. The van der Waals surface area contributed by atoms with Crippen LogP contribution in [0.5, 0.6) is 0 Å². The molecule has 0 bridgehead atoms. The van der Waals surface area contributed by atoms with Crippen molar-refractivity contribution in [1.29, 1.82) is 0 Å². The molecule has 0 aliphatic heterocycles. The fourth-order valence-electron chi connectivity index (χ4n) is 2.07. The minimum atomic E-state index is -2.77. The molecule has 2 aromatic rings. The highest BCUT2D eigenvalue weighted by molar-refractivity contribution is 5.95. The van der Waals surface area contributed by atoms with Crippen molar-refractivity contribution in [3.8, 4) is 0 Å². The van der Waals surface area contributed by atoms with Gasteiger partial charge in [-0.2, -0.15) is 5.10 Å². The number of nitrogens with one attached hydrogen (secondary N) is 1. The summed E-state index contributed by atoms with van der Waals surface area (Å²) in [6.07, 6.45) is 1.42. The van der Waals surface area contributed by atoms with Crippen LogP contribution in [0.1, 0.15) is 46.8 Å². The van der Waals surface area contributed by atoms with E-state index in [0.29, 0.717) is 11.4 Å². The molecule has 2 aromatic heterocycles. The molecule has 0 saturated heterocycles. The van der Waals surface area contributed by atoms with Gasteiger partial charge in [0.2, 0.25) is 0 Å². The van der Waals surface area contributed by atoms with Gasteiger partial charge in [-0.3, -0.25) is 19.4 Å². The van der Waals surface area contributed by atoms with Gasteiger partial charge in [0, 0.05) is 19.4 Å². The number of aromatic nitrogens is 4. The third kappa shape index (κ3) is 3.04. The molecule has 1 atom stereocenters. The lowest BCUT2D eigenvalue weighted by molar-refractivity contribution is 0.0922. The van der Waals surface area contributed by atoms with Crippen molar-refractivity contribution in [2.24, 2.45) is 7.05 Å². The van der Waals surface area contributed by atoms with Crippen LogP contribution in [0.15, 0.2) is 18.6 Å². The molecule has 8 heteroatoms. The standard InChI is InChI=1S/C13H15F2N5O/c1-7-10(17-5-4-16-7)8(2)19-13(21)9-6-18-20(3)11(9)12(14)15/h4-6,8,12H,1-3H3,(H,19,21)/t8-/m0/s1. The monoisotopic (exact) mass is 295 g/mol. The van der Waals surface area contributed by atoms with E-state index < -0.39 is 24.1 Å². The molecular weight excluding hydrogens is 280 g/mol. The fraction of sp³-hybridized carbons (Fsp3) is 0.385. The van der Waals surface area contributed by atoms with E-state index in [1.165, 1.54) is 13.2 Å². The Labute approximate surface area is 120 Å². The highest BCUT2D eigenvalue weighted by Gasteiger charge is 2.24. The number of rotatable bonds is 4. The summed E-state index contributed by atoms with van der Waals surface area (Å²) in [5, 5.41) is 6.34. The third-order valence-electron chi connectivity index (χ3n) is 3.11. The SMILES string of the molecule is Cc1nccnc1[C@H](C)NC(=O)c1cnn(C)c1C(F)F. The quantitative estimate of drug-likeness (QED) is 0.935. The summed E-state index contributed by atoms with van der Waals surface area (Å²) < 4.78 is 26.9. The Morgan fingerprint density at radius 3 is 2.62 bits per heavy atom. The van der Waals surface area contributed by atoms with Crippen molar-refractivity contribution < 1.29 is 13.6 Å². The summed E-state index contributed by atoms with van der Waals surface area (Å²) in [5.74, 6) is -0.615. The summed E-state index contributed by atoms with van der Waals surface area (Å²) in [7, 11) is 1.37. The molecule has 0 saturated carbocycles. The van der Waals surface area contributed by atoms with Crippen molar-refractivity contribution in [3.63, 3.8) is 0 Å². The highest BCUT2D eigenvalue weighted by atomic mass is 19.3. The molecule has 0 spiro atoms. The molecule has 1 amide bonds. The van der Waals surface area contributed by atoms with Gasteiger partial charge in [0.05, 0.1) is 29.2 Å². The Morgan fingerprint density at radius 2 is 2.00 bits per heavy atom. The van der Waals surface area contributed by atoms with E-state index in [9.17, 15) is 13.6 Å². The van der Waals surface area contributed by atoms with Crippen LogP contribution in [0.3, 0.4) is 0 Å². The largest absolute Gasteiger partial charge is 0.344 e. The van der Waals surface area contributed by atoms with E-state index in [-0.39, 0.29) is 5.56 Å². The number of hydrogen-bond donors (Lipinski definition) is 1. The first-order chi connectivity index (χ1) is 9.91. The molecule has 0 unspecified atom stereocenters. The second-order valence-corrected chi connectivity index (χ2v) is 4.59. The van der Waals surface area contributed by atoms with Gasteiger partial charge in [-0.15, -0.1) is 0 Å². The van der Waals surface area contributed by atoms with Gasteiger partial charge in [0.15, 0.2) is 0 Å². The summed E-state index contributed by atoms with van der Waals surface area (Å²) >= 11 is 0. The lowest BCUT2D eigenvalue weighted by atomic mass is 10.1. The van der Waals surface area contributed by atoms with E-state index in [1.54, 1.807) is 20.0 Å². The van der Waals surface area contributed by atoms with E-state index in [2.05, 4.69) is 20.4 Å². The van der Waals surface area contributed by atoms with Crippen molar-refractivity contribution in [2.45, 2.75) is 26.3 Å². The van der Waals surface area contributed by atoms with Crippen LogP contribution in [0.25, 0.3) is 0 Å². The molecule has 2 rings (SSSR count). The molecule has 0 aliphatic rings. The smallest absolute Gasteiger partial charge is 0.280 e. The second-order valence-electron chi connectivity index (χ2n) is 4.59. The Kier molecular flexibility index (Phi) is 4.25. The van der Waals surface area contributed by atoms with E-state index in [0.717, 1.165) is 10.9 Å². The molecule has 0 aromatic carbocycles. The molecular formula is C13H15F2N5O. The van der Waals surface area contributed by atoms with Gasteiger partial charge in [0.25, 0.3) is 12.3 Å². The van der Waals surface area contributed by atoms with E-state index in [1.807, 2.05) is 0 Å². The number of aryl methyl sites for hydroxylation is 2. The van der Waals surface area contributed by atoms with Gasteiger partial charge >= 0.3 is 0 Å². The number of hydrogen-bond acceptors (Lipinski definition) is 4. The van der Waals surface area contributed by atoms with Crippen LogP contribution < -0.4 is 5.32 Å². The number of alkyl halides is 2. The van der Waals surface area contributed by atoms with Crippen molar-refractivity contribution in [2.75, 3.05) is 0 Å². The van der Waals surface area contributed by atoms with Gasteiger partial charge in [-0.25, -0.2) is 8.78 Å². The van der Waals surface area contributed by atoms with Crippen LogP contribution in [-0.2, 0) is 7.05 Å². The van der Waals surface area contributed by atoms with Crippen LogP contribution in [0, 0.1) is 6.92 Å². The Bertz CT molecular complexity index is 656. The Morgan fingerprint density at radius 1 is 1.33 bits per heavy atom. The zero-order valence-electron chi connectivity index (χ0n) is 11.8. The molecule has 0 aliphatic carbocycles. The summed E-state index contributed by atoms with van der Waals surface area (Å²) in [6.45, 7) is 3.48. The van der Waals surface area contributed by atoms with Gasteiger partial charge in [0.1, 0.15) is 5.69 Å². The fourth-order valence-corrected chi connectivity index (χ4v) is 2.07. The first-order valence-corrected chi connectivity index (χ1v) is 6.30. The topological polar surface area (TPSA) is 72.7 Å². The minimum Gasteiger partial charge on any atom is -0.344 e. The van der Waals surface area contributed by atoms with Gasteiger partial charge in [-0.1, -0.05) is 0 Å². The number of halogens is 2. The molecule has 0 radical (unpaired) electrons. The first-order valence-electron chi connectivity index (χ1n) is 6.30. The average Bonchev–Trinajstić information content (AvgIpc) is 2.81. The number of carbonyl (C=O) groups is 1. The number of amides is 1. The van der Waals surface area contributed by atoms with E-state index >= 15 is 0 Å². The van der Waals surface area contributed by atoms with E-state index in [4.69, 9.17) is 0 Å². The van der Waals surface area contributed by atoms with Crippen LogP contribution >= 0.6 is 0 Å². The van der Waals surface area contributed by atoms with Crippen LogP contribution in [-0.4, -0.2) is 25.7 Å². The maximum atomic E-state index is 12.9. The first kappa shape index (κ1) is 15.0. The molecule has 21 heavy (non-hydrogen) atoms. The Hall–Kier alpha value is -2.38.